The zero-order valence-corrected chi connectivity index (χ0v) is 17.2. The Kier molecular flexibility index (Phi) is 7.06. The first-order valence-corrected chi connectivity index (χ1v) is 9.74. The van der Waals surface area contributed by atoms with Gasteiger partial charge in [0.2, 0.25) is 5.89 Å². The molecule has 1 amide bonds. The summed E-state index contributed by atoms with van der Waals surface area (Å²) in [4.78, 5) is 16.8. The van der Waals surface area contributed by atoms with Gasteiger partial charge in [0, 0.05) is 31.3 Å². The van der Waals surface area contributed by atoms with E-state index < -0.39 is 0 Å². The highest BCUT2D eigenvalue weighted by Gasteiger charge is 2.17. The number of benzene rings is 1. The quantitative estimate of drug-likeness (QED) is 0.646. The third-order valence-corrected chi connectivity index (χ3v) is 5.00. The predicted octanol–water partition coefficient (Wildman–Crippen LogP) is 3.17. The van der Waals surface area contributed by atoms with E-state index in [1.165, 1.54) is 5.56 Å². The van der Waals surface area contributed by atoms with Gasteiger partial charge in [-0.3, -0.25) is 9.48 Å². The summed E-state index contributed by atoms with van der Waals surface area (Å²) in [5.74, 6) is 0.436. The van der Waals surface area contributed by atoms with E-state index in [0.29, 0.717) is 30.6 Å². The van der Waals surface area contributed by atoms with Crippen LogP contribution in [0.2, 0.25) is 0 Å². The molecule has 1 atom stereocenters. The molecule has 0 saturated carbocycles. The molecule has 3 aromatic rings. The van der Waals surface area contributed by atoms with Gasteiger partial charge in [0.1, 0.15) is 12.0 Å². The Balaban J connectivity index is 0.00000240. The van der Waals surface area contributed by atoms with E-state index in [1.54, 1.807) is 12.3 Å². The van der Waals surface area contributed by atoms with Gasteiger partial charge in [0.25, 0.3) is 5.91 Å². The maximum absolute atomic E-state index is 12.3. The number of aromatic nitrogens is 3. The van der Waals surface area contributed by atoms with Crippen LogP contribution in [0.1, 0.15) is 40.6 Å². The van der Waals surface area contributed by atoms with Crippen molar-refractivity contribution in [3.05, 3.63) is 59.7 Å². The minimum absolute atomic E-state index is 0. The molecule has 0 radical (unpaired) electrons. The van der Waals surface area contributed by atoms with Gasteiger partial charge < -0.3 is 15.1 Å². The molecule has 4 rings (SSSR count). The topological polar surface area (TPSA) is 85.0 Å². The van der Waals surface area contributed by atoms with Crippen molar-refractivity contribution in [3.8, 4) is 11.5 Å². The number of nitrogens with one attached hydrogen (secondary N) is 2. The van der Waals surface area contributed by atoms with Crippen LogP contribution in [-0.2, 0) is 6.42 Å². The lowest BCUT2D eigenvalue weighted by atomic mass is 10.1. The standard InChI is InChI=1S/C21H25N5O2.ClH/c1-15-4-6-16(7-5-15)21-24-17(14-28-21)8-11-23-20(27)19-9-12-26(25-19)18-3-2-10-22-13-18;/h4-7,9,12,14,18,22H,2-3,8,10-11,13H2,1H3,(H,23,27);1H. The number of rotatable bonds is 6. The second kappa shape index (κ2) is 9.71. The van der Waals surface area contributed by atoms with Gasteiger partial charge >= 0.3 is 0 Å². The Hall–Kier alpha value is -2.64. The highest BCUT2D eigenvalue weighted by molar-refractivity contribution is 5.92. The molecule has 3 heterocycles. The van der Waals surface area contributed by atoms with Gasteiger partial charge in [0.05, 0.1) is 11.7 Å². The Labute approximate surface area is 176 Å². The summed E-state index contributed by atoms with van der Waals surface area (Å²) in [6, 6.07) is 10.1. The van der Waals surface area contributed by atoms with Gasteiger partial charge in [-0.2, -0.15) is 5.10 Å². The summed E-state index contributed by atoms with van der Waals surface area (Å²) in [7, 11) is 0. The molecule has 1 aliphatic rings. The molecule has 1 aliphatic heterocycles. The fraction of sp³-hybridized carbons (Fsp3) is 0.381. The number of nitrogens with zero attached hydrogens (tertiary/aromatic N) is 3. The normalized spacial score (nSPS) is 16.2. The van der Waals surface area contributed by atoms with Crippen LogP contribution in [-0.4, -0.2) is 40.3 Å². The van der Waals surface area contributed by atoms with Crippen LogP contribution in [0.15, 0.2) is 47.2 Å². The molecule has 154 valence electrons. The number of amides is 1. The van der Waals surface area contributed by atoms with Crippen LogP contribution >= 0.6 is 12.4 Å². The van der Waals surface area contributed by atoms with Crippen molar-refractivity contribution >= 4 is 18.3 Å². The molecule has 2 N–H and O–H groups in total. The van der Waals surface area contributed by atoms with Crippen molar-refractivity contribution in [2.45, 2.75) is 32.2 Å². The molecule has 2 aromatic heterocycles. The van der Waals surface area contributed by atoms with Crippen molar-refractivity contribution in [1.29, 1.82) is 0 Å². The predicted molar refractivity (Wildman–Crippen MR) is 113 cm³/mol. The fourth-order valence-corrected chi connectivity index (χ4v) is 3.37. The van der Waals surface area contributed by atoms with Crippen LogP contribution < -0.4 is 10.6 Å². The third-order valence-electron chi connectivity index (χ3n) is 5.00. The highest BCUT2D eigenvalue weighted by atomic mass is 35.5. The molecule has 1 unspecified atom stereocenters. The number of halogens is 1. The van der Waals surface area contributed by atoms with Crippen LogP contribution in [0, 0.1) is 6.92 Å². The van der Waals surface area contributed by atoms with Crippen LogP contribution in [0.25, 0.3) is 11.5 Å². The largest absolute Gasteiger partial charge is 0.444 e. The number of hydrogen-bond donors (Lipinski definition) is 2. The molecule has 1 fully saturated rings. The maximum Gasteiger partial charge on any atom is 0.271 e. The third kappa shape index (κ3) is 5.25. The number of carbonyl (C=O) groups excluding carboxylic acids is 1. The van der Waals surface area contributed by atoms with E-state index >= 15 is 0 Å². The van der Waals surface area contributed by atoms with E-state index in [4.69, 9.17) is 4.42 Å². The molecule has 0 spiro atoms. The molecule has 0 bridgehead atoms. The van der Waals surface area contributed by atoms with Gasteiger partial charge in [-0.1, -0.05) is 17.7 Å². The molecular weight excluding hydrogens is 390 g/mol. The van der Waals surface area contributed by atoms with Crippen LogP contribution in [0.5, 0.6) is 0 Å². The van der Waals surface area contributed by atoms with E-state index in [9.17, 15) is 4.79 Å². The van der Waals surface area contributed by atoms with E-state index in [0.717, 1.165) is 37.2 Å². The Bertz CT molecular complexity index is 929. The average molecular weight is 416 g/mol. The van der Waals surface area contributed by atoms with Crippen molar-refractivity contribution < 1.29 is 9.21 Å². The molecule has 0 aliphatic carbocycles. The van der Waals surface area contributed by atoms with Crippen molar-refractivity contribution in [1.82, 2.24) is 25.4 Å². The second-order valence-electron chi connectivity index (χ2n) is 7.20. The minimum atomic E-state index is -0.162. The fourth-order valence-electron chi connectivity index (χ4n) is 3.37. The number of aryl methyl sites for hydroxylation is 1. The first kappa shape index (κ1) is 21.1. The Morgan fingerprint density at radius 2 is 2.14 bits per heavy atom. The van der Waals surface area contributed by atoms with Crippen LogP contribution in [0.4, 0.5) is 0 Å². The first-order valence-electron chi connectivity index (χ1n) is 9.74. The average Bonchev–Trinajstić information content (AvgIpc) is 3.39. The molecule has 1 aromatic carbocycles. The number of oxazole rings is 1. The molecular formula is C21H26ClN5O2. The Morgan fingerprint density at radius 3 is 2.90 bits per heavy atom. The lowest BCUT2D eigenvalue weighted by molar-refractivity contribution is 0.0947. The Morgan fingerprint density at radius 1 is 1.31 bits per heavy atom. The summed E-state index contributed by atoms with van der Waals surface area (Å²) >= 11 is 0. The molecule has 7 nitrogen and oxygen atoms in total. The van der Waals surface area contributed by atoms with Crippen molar-refractivity contribution in [2.75, 3.05) is 19.6 Å². The number of carbonyl (C=O) groups is 1. The van der Waals surface area contributed by atoms with Crippen molar-refractivity contribution in [3.63, 3.8) is 0 Å². The first-order chi connectivity index (χ1) is 13.7. The summed E-state index contributed by atoms with van der Waals surface area (Å²) in [5, 5.41) is 10.7. The van der Waals surface area contributed by atoms with Gasteiger partial charge in [-0.25, -0.2) is 4.98 Å². The summed E-state index contributed by atoms with van der Waals surface area (Å²) < 4.78 is 7.45. The zero-order valence-electron chi connectivity index (χ0n) is 16.4. The summed E-state index contributed by atoms with van der Waals surface area (Å²) in [6.45, 7) is 4.48. The molecule has 1 saturated heterocycles. The minimum Gasteiger partial charge on any atom is -0.444 e. The second-order valence-corrected chi connectivity index (χ2v) is 7.20. The lowest BCUT2D eigenvalue weighted by Gasteiger charge is -2.22. The van der Waals surface area contributed by atoms with E-state index in [-0.39, 0.29) is 18.3 Å². The highest BCUT2D eigenvalue weighted by Crippen LogP contribution is 2.19. The van der Waals surface area contributed by atoms with Gasteiger partial charge in [-0.15, -0.1) is 12.4 Å². The van der Waals surface area contributed by atoms with E-state index in [2.05, 4.69) is 20.7 Å². The van der Waals surface area contributed by atoms with Gasteiger partial charge in [0.15, 0.2) is 0 Å². The van der Waals surface area contributed by atoms with Crippen LogP contribution in [0.3, 0.4) is 0 Å². The monoisotopic (exact) mass is 415 g/mol. The zero-order chi connectivity index (χ0) is 19.3. The SMILES string of the molecule is Cc1ccc(-c2nc(CCNC(=O)c3ccn(C4CCCNC4)n3)co2)cc1.Cl. The van der Waals surface area contributed by atoms with Crippen molar-refractivity contribution in [2.24, 2.45) is 0 Å². The molecule has 29 heavy (non-hydrogen) atoms. The smallest absolute Gasteiger partial charge is 0.271 e. The van der Waals surface area contributed by atoms with Gasteiger partial charge in [-0.05, 0) is 44.5 Å². The van der Waals surface area contributed by atoms with E-state index in [1.807, 2.05) is 42.1 Å². The summed E-state index contributed by atoms with van der Waals surface area (Å²) in [5.41, 5.74) is 3.41. The maximum atomic E-state index is 12.3. The summed E-state index contributed by atoms with van der Waals surface area (Å²) in [6.07, 6.45) is 6.36. The number of piperidine rings is 1. The molecule has 8 heteroatoms. The lowest BCUT2D eigenvalue weighted by Crippen LogP contribution is -2.32. The number of hydrogen-bond acceptors (Lipinski definition) is 5.